The molecule has 1 rings (SSSR count). The van der Waals surface area contributed by atoms with E-state index < -0.39 is 0 Å². The van der Waals surface area contributed by atoms with Crippen molar-refractivity contribution in [2.75, 3.05) is 26.9 Å². The van der Waals surface area contributed by atoms with Crippen LogP contribution < -0.4 is 5.32 Å². The predicted octanol–water partition coefficient (Wildman–Crippen LogP) is 2.47. The number of amides is 1. The van der Waals surface area contributed by atoms with Crippen LogP contribution in [-0.2, 0) is 20.8 Å². The minimum absolute atomic E-state index is 0.192. The highest BCUT2D eigenvalue weighted by atomic mass is 16.5. The monoisotopic (exact) mass is 336 g/mol. The van der Waals surface area contributed by atoms with Gasteiger partial charge in [0.2, 0.25) is 5.91 Å². The smallest absolute Gasteiger partial charge is 0.340 e. The zero-order chi connectivity index (χ0) is 18.1. The number of carbonyl (C=O) groups is 2. The van der Waals surface area contributed by atoms with Gasteiger partial charge in [0.15, 0.2) is 0 Å². The number of carbonyl (C=O) groups excluding carboxylic acids is 2. The van der Waals surface area contributed by atoms with Crippen LogP contribution in [0, 0.1) is 13.8 Å². The molecule has 1 amide bonds. The van der Waals surface area contributed by atoms with Gasteiger partial charge in [0.1, 0.15) is 0 Å². The van der Waals surface area contributed by atoms with Crippen molar-refractivity contribution < 1.29 is 19.1 Å². The summed E-state index contributed by atoms with van der Waals surface area (Å²) in [7, 11) is 1.63. The number of hydrogen-bond acceptors (Lipinski definition) is 4. The molecule has 0 bridgehead atoms. The van der Waals surface area contributed by atoms with E-state index in [1.165, 1.54) is 6.08 Å². The highest BCUT2D eigenvalue weighted by molar-refractivity contribution is 5.98. The lowest BCUT2D eigenvalue weighted by atomic mass is 10.1. The van der Waals surface area contributed by atoms with Gasteiger partial charge < -0.3 is 19.4 Å². The quantitative estimate of drug-likeness (QED) is 0.427. The summed E-state index contributed by atoms with van der Waals surface area (Å²) in [6.45, 7) is 9.86. The zero-order valence-electron chi connectivity index (χ0n) is 15.3. The van der Waals surface area contributed by atoms with E-state index in [4.69, 9.17) is 9.47 Å². The van der Waals surface area contributed by atoms with Gasteiger partial charge in [0, 0.05) is 49.8 Å². The van der Waals surface area contributed by atoms with Crippen molar-refractivity contribution in [2.45, 2.75) is 40.7 Å². The van der Waals surface area contributed by atoms with Crippen molar-refractivity contribution in [3.8, 4) is 0 Å². The van der Waals surface area contributed by atoms with Crippen molar-refractivity contribution in [1.29, 1.82) is 0 Å². The molecule has 1 aromatic heterocycles. The van der Waals surface area contributed by atoms with E-state index in [-0.39, 0.29) is 11.9 Å². The normalized spacial score (nSPS) is 11.0. The van der Waals surface area contributed by atoms with Crippen LogP contribution >= 0.6 is 0 Å². The molecule has 0 radical (unpaired) electrons. The number of esters is 1. The van der Waals surface area contributed by atoms with Gasteiger partial charge in [-0.05, 0) is 40.2 Å². The van der Waals surface area contributed by atoms with E-state index >= 15 is 0 Å². The molecule has 1 aromatic rings. The fourth-order valence-electron chi connectivity index (χ4n) is 2.69. The summed E-state index contributed by atoms with van der Waals surface area (Å²) in [5.74, 6) is -0.548. The Morgan fingerprint density at radius 3 is 2.50 bits per heavy atom. The van der Waals surface area contributed by atoms with Crippen LogP contribution in [0.2, 0.25) is 0 Å². The second-order valence-electron chi connectivity index (χ2n) is 5.39. The topological polar surface area (TPSA) is 69.6 Å². The number of nitrogens with one attached hydrogen (secondary N) is 1. The lowest BCUT2D eigenvalue weighted by Gasteiger charge is -2.05. The first kappa shape index (κ1) is 20.0. The largest absolute Gasteiger partial charge is 0.462 e. The first-order valence-corrected chi connectivity index (χ1v) is 8.29. The molecule has 0 fully saturated rings. The maximum atomic E-state index is 12.3. The summed E-state index contributed by atoms with van der Waals surface area (Å²) >= 11 is 0. The Kier molecular flexibility index (Phi) is 8.26. The second-order valence-corrected chi connectivity index (χ2v) is 5.39. The first-order chi connectivity index (χ1) is 11.5. The average molecular weight is 336 g/mol. The van der Waals surface area contributed by atoms with Gasteiger partial charge in [-0.25, -0.2) is 4.79 Å². The molecular formula is C18H28N2O4. The van der Waals surface area contributed by atoms with Crippen molar-refractivity contribution in [3.05, 3.63) is 28.6 Å². The van der Waals surface area contributed by atoms with E-state index in [1.807, 2.05) is 25.3 Å². The van der Waals surface area contributed by atoms with Gasteiger partial charge in [-0.15, -0.1) is 0 Å². The molecule has 0 saturated heterocycles. The number of methoxy groups -OCH3 is 1. The molecule has 6 nitrogen and oxygen atoms in total. The Morgan fingerprint density at radius 1 is 1.21 bits per heavy atom. The van der Waals surface area contributed by atoms with Gasteiger partial charge in [-0.2, -0.15) is 0 Å². The maximum absolute atomic E-state index is 12.3. The minimum atomic E-state index is -0.356. The van der Waals surface area contributed by atoms with E-state index in [0.717, 1.165) is 29.9 Å². The number of aromatic nitrogens is 1. The lowest BCUT2D eigenvalue weighted by molar-refractivity contribution is -0.116. The third kappa shape index (κ3) is 4.96. The summed E-state index contributed by atoms with van der Waals surface area (Å²) in [5, 5.41) is 2.79. The standard InChI is InChI=1S/C18H28N2O4/c1-6-20-13(3)15(17(14(20)4)18(22)24-7-2)9-10-16(21)19-11-8-12-23-5/h9-10H,6-8,11-12H2,1-5H3,(H,19,21)/b10-9+. The maximum Gasteiger partial charge on any atom is 0.340 e. The Balaban J connectivity index is 2.99. The number of nitrogens with zero attached hydrogens (tertiary/aromatic N) is 1. The van der Waals surface area contributed by atoms with Crippen LogP contribution in [-0.4, -0.2) is 43.3 Å². The van der Waals surface area contributed by atoms with Gasteiger partial charge in [0.05, 0.1) is 12.2 Å². The highest BCUT2D eigenvalue weighted by Gasteiger charge is 2.22. The molecule has 24 heavy (non-hydrogen) atoms. The van der Waals surface area contributed by atoms with Gasteiger partial charge >= 0.3 is 5.97 Å². The molecule has 134 valence electrons. The molecule has 0 aromatic carbocycles. The molecule has 0 aliphatic heterocycles. The molecule has 0 spiro atoms. The van der Waals surface area contributed by atoms with Crippen LogP contribution in [0.25, 0.3) is 6.08 Å². The molecule has 1 heterocycles. The van der Waals surface area contributed by atoms with E-state index in [9.17, 15) is 9.59 Å². The summed E-state index contributed by atoms with van der Waals surface area (Å²) < 4.78 is 12.1. The van der Waals surface area contributed by atoms with Crippen molar-refractivity contribution in [3.63, 3.8) is 0 Å². The van der Waals surface area contributed by atoms with Crippen LogP contribution in [0.5, 0.6) is 0 Å². The van der Waals surface area contributed by atoms with Crippen molar-refractivity contribution in [1.82, 2.24) is 9.88 Å². The molecule has 0 saturated carbocycles. The summed E-state index contributed by atoms with van der Waals surface area (Å²) in [4.78, 5) is 24.2. The molecule has 0 atom stereocenters. The second kappa shape index (κ2) is 9.93. The summed E-state index contributed by atoms with van der Waals surface area (Å²) in [5.41, 5.74) is 3.06. The van der Waals surface area contributed by atoms with Gasteiger partial charge in [0.25, 0.3) is 0 Å². The zero-order valence-corrected chi connectivity index (χ0v) is 15.3. The Morgan fingerprint density at radius 2 is 1.92 bits per heavy atom. The molecular weight excluding hydrogens is 308 g/mol. The fourth-order valence-corrected chi connectivity index (χ4v) is 2.69. The van der Waals surface area contributed by atoms with Gasteiger partial charge in [-0.3, -0.25) is 4.79 Å². The number of hydrogen-bond donors (Lipinski definition) is 1. The Hall–Kier alpha value is -2.08. The summed E-state index contributed by atoms with van der Waals surface area (Å²) in [6.07, 6.45) is 3.90. The Labute approximate surface area is 143 Å². The van der Waals surface area contributed by atoms with E-state index in [2.05, 4.69) is 5.32 Å². The molecule has 0 aliphatic carbocycles. The molecule has 1 N–H and O–H groups in total. The van der Waals surface area contributed by atoms with Crippen LogP contribution in [0.4, 0.5) is 0 Å². The third-order valence-corrected chi connectivity index (χ3v) is 3.85. The molecule has 0 aliphatic rings. The molecule has 0 unspecified atom stereocenters. The lowest BCUT2D eigenvalue weighted by Crippen LogP contribution is -2.22. The van der Waals surface area contributed by atoms with Gasteiger partial charge in [-0.1, -0.05) is 0 Å². The van der Waals surface area contributed by atoms with Crippen LogP contribution in [0.15, 0.2) is 6.08 Å². The SMILES string of the molecule is CCOC(=O)c1c(/C=C/C(=O)NCCCOC)c(C)n(CC)c1C. The predicted molar refractivity (Wildman–Crippen MR) is 94.1 cm³/mol. The minimum Gasteiger partial charge on any atom is -0.462 e. The Bertz CT molecular complexity index is 603. The van der Waals surface area contributed by atoms with E-state index in [0.29, 0.717) is 25.3 Å². The first-order valence-electron chi connectivity index (χ1n) is 8.29. The number of rotatable bonds is 9. The van der Waals surface area contributed by atoms with Crippen molar-refractivity contribution in [2.24, 2.45) is 0 Å². The summed E-state index contributed by atoms with van der Waals surface area (Å²) in [6, 6.07) is 0. The molecule has 6 heteroatoms. The number of ether oxygens (including phenoxy) is 2. The highest BCUT2D eigenvalue weighted by Crippen LogP contribution is 2.24. The van der Waals surface area contributed by atoms with Crippen LogP contribution in [0.3, 0.4) is 0 Å². The average Bonchev–Trinajstić information content (AvgIpc) is 2.79. The fraction of sp³-hybridized carbons (Fsp3) is 0.556. The van der Waals surface area contributed by atoms with Crippen LogP contribution in [0.1, 0.15) is 47.6 Å². The third-order valence-electron chi connectivity index (χ3n) is 3.85. The van der Waals surface area contributed by atoms with E-state index in [1.54, 1.807) is 20.1 Å². The van der Waals surface area contributed by atoms with Crippen molar-refractivity contribution >= 4 is 18.0 Å².